The number of nitrogens with one attached hydrogen (secondary N) is 2. The molecule has 0 amide bonds. The zero-order chi connectivity index (χ0) is 12.3. The van der Waals surface area contributed by atoms with Gasteiger partial charge in [0.1, 0.15) is 0 Å². The summed E-state index contributed by atoms with van der Waals surface area (Å²) in [6.45, 7) is 0.192. The molecule has 0 radical (unpaired) electrons. The van der Waals surface area contributed by atoms with E-state index in [0.717, 1.165) is 18.4 Å². The lowest BCUT2D eigenvalue weighted by molar-refractivity contribution is 0.565. The number of rotatable bonds is 5. The molecule has 0 aromatic heterocycles. The van der Waals surface area contributed by atoms with Gasteiger partial charge in [-0.15, -0.1) is 0 Å². The Balaban J connectivity index is 1.94. The maximum atomic E-state index is 11.5. The third-order valence-corrected chi connectivity index (χ3v) is 3.59. The summed E-state index contributed by atoms with van der Waals surface area (Å²) in [6.07, 6.45) is 1.82. The zero-order valence-corrected chi connectivity index (χ0v) is 10.00. The highest BCUT2D eigenvalue weighted by Crippen LogP contribution is 2.19. The molecule has 1 aromatic rings. The van der Waals surface area contributed by atoms with Gasteiger partial charge in [0.15, 0.2) is 0 Å². The van der Waals surface area contributed by atoms with Crippen LogP contribution in [0, 0.1) is 11.3 Å². The van der Waals surface area contributed by atoms with E-state index in [9.17, 15) is 8.42 Å². The summed E-state index contributed by atoms with van der Waals surface area (Å²) < 4.78 is 28.0. The first-order chi connectivity index (χ1) is 8.09. The van der Waals surface area contributed by atoms with Gasteiger partial charge in [0.05, 0.1) is 11.6 Å². The number of benzene rings is 1. The van der Waals surface area contributed by atoms with Crippen LogP contribution in [-0.2, 0) is 16.8 Å². The quantitative estimate of drug-likeness (QED) is 0.806. The van der Waals surface area contributed by atoms with Gasteiger partial charge in [0.2, 0.25) is 0 Å². The Kier molecular flexibility index (Phi) is 3.43. The molecule has 5 nitrogen and oxygen atoms in total. The minimum absolute atomic E-state index is 0.0953. The number of hydrogen-bond donors (Lipinski definition) is 2. The maximum absolute atomic E-state index is 11.5. The Morgan fingerprint density at radius 1 is 1.41 bits per heavy atom. The summed E-state index contributed by atoms with van der Waals surface area (Å²) in [5, 5.41) is 8.72. The van der Waals surface area contributed by atoms with Gasteiger partial charge in [-0.1, -0.05) is 12.1 Å². The predicted molar refractivity (Wildman–Crippen MR) is 63.1 cm³/mol. The highest BCUT2D eigenvalue weighted by molar-refractivity contribution is 7.87. The summed E-state index contributed by atoms with van der Waals surface area (Å²) >= 11 is 0. The molecule has 2 rings (SSSR count). The fourth-order valence-corrected chi connectivity index (χ4v) is 2.51. The molecule has 1 aliphatic carbocycles. The predicted octanol–water partition coefficient (Wildman–Crippen LogP) is 0.645. The third kappa shape index (κ3) is 3.82. The highest BCUT2D eigenvalue weighted by atomic mass is 32.2. The fraction of sp³-hybridized carbons (Fsp3) is 0.364. The van der Waals surface area contributed by atoms with Gasteiger partial charge in [-0.2, -0.15) is 23.1 Å². The van der Waals surface area contributed by atoms with Crippen LogP contribution in [-0.4, -0.2) is 14.5 Å². The Bertz CT molecular complexity index is 544. The normalized spacial score (nSPS) is 15.5. The van der Waals surface area contributed by atoms with Crippen LogP contribution in [0.15, 0.2) is 24.3 Å². The first-order valence-electron chi connectivity index (χ1n) is 5.35. The average Bonchev–Trinajstić information content (AvgIpc) is 3.10. The molecule has 1 saturated carbocycles. The maximum Gasteiger partial charge on any atom is 0.277 e. The van der Waals surface area contributed by atoms with E-state index in [1.54, 1.807) is 24.3 Å². The average molecular weight is 251 g/mol. The third-order valence-electron chi connectivity index (χ3n) is 2.42. The van der Waals surface area contributed by atoms with Crippen molar-refractivity contribution >= 4 is 10.2 Å². The van der Waals surface area contributed by atoms with E-state index < -0.39 is 10.2 Å². The van der Waals surface area contributed by atoms with E-state index in [-0.39, 0.29) is 12.6 Å². The fourth-order valence-electron chi connectivity index (χ4n) is 1.39. The molecule has 0 saturated heterocycles. The molecule has 0 spiro atoms. The van der Waals surface area contributed by atoms with E-state index in [0.29, 0.717) is 5.56 Å². The standard InChI is InChI=1S/C11H13N3O2S/c12-7-9-2-1-3-10(6-9)8-13-17(15,16)14-11-4-5-11/h1-3,6,11,13-14H,4-5,8H2. The molecule has 2 N–H and O–H groups in total. The van der Waals surface area contributed by atoms with Gasteiger partial charge in [-0.05, 0) is 30.5 Å². The molecule has 0 atom stereocenters. The van der Waals surface area contributed by atoms with Crippen molar-refractivity contribution in [3.63, 3.8) is 0 Å². The van der Waals surface area contributed by atoms with Crippen LogP contribution in [0.1, 0.15) is 24.0 Å². The molecule has 0 bridgehead atoms. The molecule has 6 heteroatoms. The second-order valence-electron chi connectivity index (χ2n) is 4.03. The number of hydrogen-bond acceptors (Lipinski definition) is 3. The topological polar surface area (TPSA) is 82.0 Å². The Morgan fingerprint density at radius 2 is 2.18 bits per heavy atom. The lowest BCUT2D eigenvalue weighted by Crippen LogP contribution is -2.37. The van der Waals surface area contributed by atoms with Crippen molar-refractivity contribution in [2.75, 3.05) is 0 Å². The molecule has 0 unspecified atom stereocenters. The van der Waals surface area contributed by atoms with Crippen molar-refractivity contribution < 1.29 is 8.42 Å². The SMILES string of the molecule is N#Cc1cccc(CNS(=O)(=O)NC2CC2)c1. The largest absolute Gasteiger partial charge is 0.277 e. The molecule has 0 aliphatic heterocycles. The smallest absolute Gasteiger partial charge is 0.199 e. The van der Waals surface area contributed by atoms with Gasteiger partial charge < -0.3 is 0 Å². The van der Waals surface area contributed by atoms with Crippen LogP contribution < -0.4 is 9.44 Å². The zero-order valence-electron chi connectivity index (χ0n) is 9.18. The van der Waals surface area contributed by atoms with Crippen LogP contribution in [0.3, 0.4) is 0 Å². The summed E-state index contributed by atoms with van der Waals surface area (Å²) in [5.74, 6) is 0. The van der Waals surface area contributed by atoms with Crippen LogP contribution in [0.4, 0.5) is 0 Å². The van der Waals surface area contributed by atoms with Gasteiger partial charge in [0.25, 0.3) is 10.2 Å². The van der Waals surface area contributed by atoms with Gasteiger partial charge in [0, 0.05) is 12.6 Å². The van der Waals surface area contributed by atoms with Gasteiger partial charge in [-0.3, -0.25) is 0 Å². The van der Waals surface area contributed by atoms with Crippen molar-refractivity contribution in [1.29, 1.82) is 5.26 Å². The van der Waals surface area contributed by atoms with Crippen molar-refractivity contribution in [2.45, 2.75) is 25.4 Å². The second-order valence-corrected chi connectivity index (χ2v) is 5.56. The lowest BCUT2D eigenvalue weighted by atomic mass is 10.1. The Hall–Kier alpha value is -1.42. The van der Waals surface area contributed by atoms with Crippen LogP contribution >= 0.6 is 0 Å². The molecular formula is C11H13N3O2S. The summed E-state index contributed by atoms with van der Waals surface area (Å²) in [6, 6.07) is 8.97. The van der Waals surface area contributed by atoms with Crippen molar-refractivity contribution in [2.24, 2.45) is 0 Å². The summed E-state index contributed by atoms with van der Waals surface area (Å²) in [4.78, 5) is 0. The van der Waals surface area contributed by atoms with Gasteiger partial charge >= 0.3 is 0 Å². The van der Waals surface area contributed by atoms with E-state index in [2.05, 4.69) is 9.44 Å². The van der Waals surface area contributed by atoms with E-state index in [4.69, 9.17) is 5.26 Å². The van der Waals surface area contributed by atoms with E-state index >= 15 is 0 Å². The van der Waals surface area contributed by atoms with Crippen LogP contribution in [0.25, 0.3) is 0 Å². The molecule has 1 aromatic carbocycles. The molecule has 90 valence electrons. The number of nitriles is 1. The molecule has 17 heavy (non-hydrogen) atoms. The van der Waals surface area contributed by atoms with E-state index in [1.165, 1.54) is 0 Å². The van der Waals surface area contributed by atoms with Crippen LogP contribution in [0.2, 0.25) is 0 Å². The van der Waals surface area contributed by atoms with Crippen LogP contribution in [0.5, 0.6) is 0 Å². The molecule has 1 aliphatic rings. The molecule has 1 fully saturated rings. The summed E-state index contributed by atoms with van der Waals surface area (Å²) in [5.41, 5.74) is 1.29. The van der Waals surface area contributed by atoms with E-state index in [1.807, 2.05) is 6.07 Å². The highest BCUT2D eigenvalue weighted by Gasteiger charge is 2.26. The number of nitrogens with zero attached hydrogens (tertiary/aromatic N) is 1. The van der Waals surface area contributed by atoms with Crippen molar-refractivity contribution in [3.05, 3.63) is 35.4 Å². The second kappa shape index (κ2) is 4.84. The summed E-state index contributed by atoms with van der Waals surface area (Å²) in [7, 11) is -3.42. The van der Waals surface area contributed by atoms with Gasteiger partial charge in [-0.25, -0.2) is 0 Å². The Morgan fingerprint density at radius 3 is 2.82 bits per heavy atom. The minimum atomic E-state index is -3.42. The Labute approximate surface area is 101 Å². The molecular weight excluding hydrogens is 238 g/mol. The minimum Gasteiger partial charge on any atom is -0.199 e. The van der Waals surface area contributed by atoms with Crippen molar-refractivity contribution in [1.82, 2.24) is 9.44 Å². The first kappa shape index (κ1) is 12.0. The first-order valence-corrected chi connectivity index (χ1v) is 6.83. The monoisotopic (exact) mass is 251 g/mol. The van der Waals surface area contributed by atoms with Crippen molar-refractivity contribution in [3.8, 4) is 6.07 Å². The molecule has 0 heterocycles. The lowest BCUT2D eigenvalue weighted by Gasteiger charge is -2.07.